The van der Waals surface area contributed by atoms with Crippen LogP contribution < -0.4 is 0 Å². The van der Waals surface area contributed by atoms with Gasteiger partial charge in [-0.1, -0.05) is 74.9 Å². The van der Waals surface area contributed by atoms with Gasteiger partial charge in [0.05, 0.1) is 0 Å². The maximum atomic E-state index is 12.2. The van der Waals surface area contributed by atoms with E-state index in [0.717, 1.165) is 11.1 Å². The minimum absolute atomic E-state index is 0.157. The van der Waals surface area contributed by atoms with Gasteiger partial charge in [-0.3, -0.25) is 4.79 Å². The maximum Gasteiger partial charge on any atom is 0.141 e. The second-order valence-corrected chi connectivity index (χ2v) is 6.83. The summed E-state index contributed by atoms with van der Waals surface area (Å²) in [5, 5.41) is 0. The number of carbonyl (C=O) groups excluding carboxylic acids is 1. The molecule has 0 aromatic heterocycles. The molecule has 0 fully saturated rings. The fraction of sp³-hybridized carbons (Fsp3) is 0.350. The molecule has 1 heteroatoms. The quantitative estimate of drug-likeness (QED) is 0.797. The van der Waals surface area contributed by atoms with Crippen molar-refractivity contribution in [1.29, 1.82) is 0 Å². The van der Waals surface area contributed by atoms with Gasteiger partial charge in [-0.15, -0.1) is 0 Å². The number of rotatable bonds is 4. The van der Waals surface area contributed by atoms with Crippen LogP contribution in [0.25, 0.3) is 0 Å². The van der Waals surface area contributed by atoms with Gasteiger partial charge in [-0.2, -0.15) is 0 Å². The smallest absolute Gasteiger partial charge is 0.141 e. The summed E-state index contributed by atoms with van der Waals surface area (Å²) in [6.45, 7) is 8.65. The molecule has 0 spiro atoms. The van der Waals surface area contributed by atoms with E-state index in [9.17, 15) is 4.79 Å². The minimum atomic E-state index is 0.157. The molecule has 110 valence electrons. The average molecular weight is 280 g/mol. The monoisotopic (exact) mass is 280 g/mol. The lowest BCUT2D eigenvalue weighted by atomic mass is 9.86. The molecule has 1 nitrogen and oxygen atoms in total. The lowest BCUT2D eigenvalue weighted by Crippen LogP contribution is -2.11. The molecule has 0 saturated heterocycles. The van der Waals surface area contributed by atoms with E-state index in [1.165, 1.54) is 11.1 Å². The number of hydrogen-bond donors (Lipinski definition) is 0. The van der Waals surface area contributed by atoms with Crippen molar-refractivity contribution in [2.75, 3.05) is 0 Å². The molecule has 0 amide bonds. The summed E-state index contributed by atoms with van der Waals surface area (Å²) in [6.07, 6.45) is 1.03. The Labute approximate surface area is 128 Å². The molecular weight excluding hydrogens is 256 g/mol. The van der Waals surface area contributed by atoms with Crippen molar-refractivity contribution in [3.8, 4) is 0 Å². The van der Waals surface area contributed by atoms with Crippen molar-refractivity contribution in [2.24, 2.45) is 0 Å². The van der Waals surface area contributed by atoms with E-state index < -0.39 is 0 Å². The summed E-state index contributed by atoms with van der Waals surface area (Å²) in [5.41, 5.74) is 4.86. The van der Waals surface area contributed by atoms with Crippen molar-refractivity contribution in [3.63, 3.8) is 0 Å². The fourth-order valence-corrected chi connectivity index (χ4v) is 2.46. The van der Waals surface area contributed by atoms with Crippen LogP contribution in [0.1, 0.15) is 43.0 Å². The van der Waals surface area contributed by atoms with Gasteiger partial charge >= 0.3 is 0 Å². The van der Waals surface area contributed by atoms with Crippen LogP contribution in [0.5, 0.6) is 0 Å². The molecule has 0 radical (unpaired) electrons. The number of Topliss-reactive ketones (excluding diaryl/α,β-unsaturated/α-hetero) is 1. The van der Waals surface area contributed by atoms with E-state index in [1.54, 1.807) is 0 Å². The van der Waals surface area contributed by atoms with E-state index in [2.05, 4.69) is 64.1 Å². The molecule has 0 N–H and O–H groups in total. The fourth-order valence-electron chi connectivity index (χ4n) is 2.46. The highest BCUT2D eigenvalue weighted by molar-refractivity contribution is 5.83. The van der Waals surface area contributed by atoms with Gasteiger partial charge in [-0.25, -0.2) is 0 Å². The SMILES string of the molecule is Cc1cccc(CC(=O)Cc2ccc(C(C)(C)C)cc2)c1. The van der Waals surface area contributed by atoms with Crippen molar-refractivity contribution >= 4 is 5.78 Å². The Morgan fingerprint density at radius 3 is 2.10 bits per heavy atom. The molecule has 0 unspecified atom stereocenters. The first-order valence-electron chi connectivity index (χ1n) is 7.51. The highest BCUT2D eigenvalue weighted by Crippen LogP contribution is 2.22. The summed E-state index contributed by atoms with van der Waals surface area (Å²) in [4.78, 5) is 12.2. The molecule has 0 aliphatic carbocycles. The van der Waals surface area contributed by atoms with Gasteiger partial charge < -0.3 is 0 Å². The summed E-state index contributed by atoms with van der Waals surface area (Å²) >= 11 is 0. The van der Waals surface area contributed by atoms with E-state index >= 15 is 0 Å². The number of aryl methyl sites for hydroxylation is 1. The molecular formula is C20H24O. The number of hydrogen-bond acceptors (Lipinski definition) is 1. The van der Waals surface area contributed by atoms with Crippen LogP contribution in [-0.2, 0) is 23.1 Å². The molecule has 2 rings (SSSR count). The topological polar surface area (TPSA) is 17.1 Å². The first-order chi connectivity index (χ1) is 9.84. The molecule has 21 heavy (non-hydrogen) atoms. The summed E-state index contributed by atoms with van der Waals surface area (Å²) in [6, 6.07) is 16.6. The van der Waals surface area contributed by atoms with E-state index in [0.29, 0.717) is 12.8 Å². The van der Waals surface area contributed by atoms with E-state index in [-0.39, 0.29) is 11.2 Å². The zero-order valence-electron chi connectivity index (χ0n) is 13.4. The van der Waals surface area contributed by atoms with Crippen LogP contribution in [0.4, 0.5) is 0 Å². The highest BCUT2D eigenvalue weighted by Gasteiger charge is 2.13. The Bertz CT molecular complexity index is 615. The van der Waals surface area contributed by atoms with E-state index in [1.807, 2.05) is 12.1 Å². The van der Waals surface area contributed by atoms with Crippen LogP contribution in [0.2, 0.25) is 0 Å². The van der Waals surface area contributed by atoms with Crippen molar-refractivity contribution in [2.45, 2.75) is 46.0 Å². The minimum Gasteiger partial charge on any atom is -0.299 e. The van der Waals surface area contributed by atoms with Gasteiger partial charge in [0.25, 0.3) is 0 Å². The third-order valence-corrected chi connectivity index (χ3v) is 3.71. The number of carbonyl (C=O) groups is 1. The van der Waals surface area contributed by atoms with Crippen LogP contribution in [-0.4, -0.2) is 5.78 Å². The van der Waals surface area contributed by atoms with Gasteiger partial charge in [0.2, 0.25) is 0 Å². The zero-order valence-corrected chi connectivity index (χ0v) is 13.4. The summed E-state index contributed by atoms with van der Waals surface area (Å²) in [5.74, 6) is 0.268. The lowest BCUT2D eigenvalue weighted by Gasteiger charge is -2.19. The summed E-state index contributed by atoms with van der Waals surface area (Å²) < 4.78 is 0. The second kappa shape index (κ2) is 6.26. The predicted molar refractivity (Wildman–Crippen MR) is 88.7 cm³/mol. The van der Waals surface area contributed by atoms with Crippen molar-refractivity contribution in [1.82, 2.24) is 0 Å². The molecule has 2 aromatic rings. The predicted octanol–water partition coefficient (Wildman–Crippen LogP) is 4.65. The first-order valence-corrected chi connectivity index (χ1v) is 7.51. The van der Waals surface area contributed by atoms with Crippen molar-refractivity contribution < 1.29 is 4.79 Å². The van der Waals surface area contributed by atoms with Crippen LogP contribution in [0.15, 0.2) is 48.5 Å². The number of benzene rings is 2. The van der Waals surface area contributed by atoms with Gasteiger partial charge in [0.15, 0.2) is 0 Å². The van der Waals surface area contributed by atoms with Gasteiger partial charge in [0.1, 0.15) is 5.78 Å². The first kappa shape index (κ1) is 15.5. The Hall–Kier alpha value is -1.89. The highest BCUT2D eigenvalue weighted by atomic mass is 16.1. The zero-order chi connectivity index (χ0) is 15.5. The Morgan fingerprint density at radius 2 is 1.52 bits per heavy atom. The molecule has 2 aromatic carbocycles. The summed E-state index contributed by atoms with van der Waals surface area (Å²) in [7, 11) is 0. The second-order valence-electron chi connectivity index (χ2n) is 6.83. The normalized spacial score (nSPS) is 11.4. The molecule has 0 heterocycles. The Balaban J connectivity index is 2.00. The van der Waals surface area contributed by atoms with E-state index in [4.69, 9.17) is 0 Å². The third kappa shape index (κ3) is 4.56. The van der Waals surface area contributed by atoms with Crippen LogP contribution in [0, 0.1) is 6.92 Å². The van der Waals surface area contributed by atoms with Gasteiger partial charge in [-0.05, 0) is 29.0 Å². The lowest BCUT2D eigenvalue weighted by molar-refractivity contribution is -0.117. The van der Waals surface area contributed by atoms with Crippen LogP contribution in [0.3, 0.4) is 0 Å². The third-order valence-electron chi connectivity index (χ3n) is 3.71. The average Bonchev–Trinajstić information content (AvgIpc) is 2.38. The largest absolute Gasteiger partial charge is 0.299 e. The number of ketones is 1. The maximum absolute atomic E-state index is 12.2. The molecule has 0 aliphatic rings. The van der Waals surface area contributed by atoms with Crippen LogP contribution >= 0.6 is 0 Å². The molecule has 0 aliphatic heterocycles. The van der Waals surface area contributed by atoms with Gasteiger partial charge in [0, 0.05) is 12.8 Å². The molecule has 0 saturated carbocycles. The standard InChI is InChI=1S/C20H24O/c1-15-6-5-7-17(12-15)14-19(21)13-16-8-10-18(11-9-16)20(2,3)4/h5-12H,13-14H2,1-4H3. The Kier molecular flexibility index (Phi) is 4.62. The molecule has 0 bridgehead atoms. The molecule has 0 atom stereocenters. The Morgan fingerprint density at radius 1 is 0.905 bits per heavy atom. The van der Waals surface area contributed by atoms with Crippen molar-refractivity contribution in [3.05, 3.63) is 70.8 Å².